The van der Waals surface area contributed by atoms with E-state index in [0.29, 0.717) is 22.6 Å². The summed E-state index contributed by atoms with van der Waals surface area (Å²) < 4.78 is 13.7. The number of para-hydroxylation sites is 1. The Bertz CT molecular complexity index is 1480. The van der Waals surface area contributed by atoms with Crippen LogP contribution in [0.2, 0.25) is 0 Å². The van der Waals surface area contributed by atoms with Crippen molar-refractivity contribution in [3.8, 4) is 0 Å². The highest BCUT2D eigenvalue weighted by Crippen LogP contribution is 2.28. The van der Waals surface area contributed by atoms with Gasteiger partial charge in [-0.15, -0.1) is 0 Å². The summed E-state index contributed by atoms with van der Waals surface area (Å²) >= 11 is 0. The average Bonchev–Trinajstić information content (AvgIpc) is 3.00. The van der Waals surface area contributed by atoms with E-state index in [9.17, 15) is 28.4 Å². The van der Waals surface area contributed by atoms with Gasteiger partial charge in [0, 0.05) is 25.0 Å². The third-order valence-corrected chi connectivity index (χ3v) is 6.15. The van der Waals surface area contributed by atoms with Crippen molar-refractivity contribution in [2.24, 2.45) is 0 Å². The number of benzene rings is 3. The normalized spacial score (nSPS) is 12.8. The van der Waals surface area contributed by atoms with Crippen molar-refractivity contribution < 1.29 is 33.5 Å². The lowest BCUT2D eigenvalue weighted by Crippen LogP contribution is -2.38. The molecule has 0 spiro atoms. The van der Waals surface area contributed by atoms with Gasteiger partial charge in [0.1, 0.15) is 12.4 Å². The molecule has 0 aromatic heterocycles. The highest BCUT2D eigenvalue weighted by Gasteiger charge is 2.30. The molecule has 0 radical (unpaired) electrons. The molecule has 0 bridgehead atoms. The van der Waals surface area contributed by atoms with E-state index < -0.39 is 23.7 Å². The SMILES string of the molecule is CN1C(=O)CN(CCC(=O)O)C(=O)c2cc(NC(=O)Cc3ccc(NC(=O)Nc4ccccc4F)cc3)ccc21. The molecule has 4 N–H and O–H groups in total. The number of halogens is 1. The van der Waals surface area contributed by atoms with Crippen LogP contribution in [0.4, 0.5) is 31.9 Å². The Labute approximate surface area is 228 Å². The van der Waals surface area contributed by atoms with E-state index in [2.05, 4.69) is 16.0 Å². The molecular formula is C28H26FN5O6. The second-order valence-corrected chi connectivity index (χ2v) is 9.04. The van der Waals surface area contributed by atoms with Gasteiger partial charge >= 0.3 is 12.0 Å². The molecule has 0 aliphatic carbocycles. The van der Waals surface area contributed by atoms with Crippen LogP contribution in [-0.4, -0.2) is 59.9 Å². The maximum atomic E-state index is 13.7. The zero-order valence-corrected chi connectivity index (χ0v) is 21.4. The van der Waals surface area contributed by atoms with E-state index in [4.69, 9.17) is 5.11 Å². The molecule has 0 saturated heterocycles. The summed E-state index contributed by atoms with van der Waals surface area (Å²) in [6, 6.07) is 16.2. The number of carbonyl (C=O) groups is 5. The Morgan fingerprint density at radius 2 is 1.62 bits per heavy atom. The number of carboxylic acids is 1. The molecule has 206 valence electrons. The van der Waals surface area contributed by atoms with Crippen LogP contribution >= 0.6 is 0 Å². The number of aliphatic carboxylic acids is 1. The first-order chi connectivity index (χ1) is 19.1. The van der Waals surface area contributed by atoms with Crippen LogP contribution < -0.4 is 20.9 Å². The highest BCUT2D eigenvalue weighted by molar-refractivity contribution is 6.10. The molecule has 3 aromatic carbocycles. The van der Waals surface area contributed by atoms with Crippen molar-refractivity contribution in [1.82, 2.24) is 4.90 Å². The molecule has 0 fully saturated rings. The molecule has 1 heterocycles. The Morgan fingerprint density at radius 1 is 0.925 bits per heavy atom. The van der Waals surface area contributed by atoms with Gasteiger partial charge < -0.3 is 30.9 Å². The maximum absolute atomic E-state index is 13.7. The first kappa shape index (κ1) is 27.8. The third kappa shape index (κ3) is 6.78. The lowest BCUT2D eigenvalue weighted by molar-refractivity contribution is -0.137. The predicted molar refractivity (Wildman–Crippen MR) is 146 cm³/mol. The lowest BCUT2D eigenvalue weighted by Gasteiger charge is -2.19. The summed E-state index contributed by atoms with van der Waals surface area (Å²) in [5, 5.41) is 16.7. The number of likely N-dealkylation sites (N-methyl/N-ethyl adjacent to an activating group) is 1. The largest absolute Gasteiger partial charge is 0.481 e. The summed E-state index contributed by atoms with van der Waals surface area (Å²) in [5.74, 6) is -2.89. The average molecular weight is 548 g/mol. The standard InChI is InChI=1S/C28H26FN5O6/c1-33-23-11-10-19(15-20(23)27(39)34(16-25(33)36)13-12-26(37)38)30-24(35)14-17-6-8-18(9-7-17)31-28(40)32-22-5-3-2-4-21(22)29/h2-11,15H,12-14,16H2,1H3,(H,30,35)(H,37,38)(H2,31,32,40). The zero-order chi connectivity index (χ0) is 28.8. The summed E-state index contributed by atoms with van der Waals surface area (Å²) in [7, 11) is 1.52. The fourth-order valence-electron chi connectivity index (χ4n) is 4.08. The number of urea groups is 1. The van der Waals surface area contributed by atoms with Crippen LogP contribution in [0.1, 0.15) is 22.3 Å². The molecule has 12 heteroatoms. The van der Waals surface area contributed by atoms with Gasteiger partial charge in [0.05, 0.1) is 29.8 Å². The van der Waals surface area contributed by atoms with Gasteiger partial charge in [-0.3, -0.25) is 19.2 Å². The molecule has 1 aliphatic heterocycles. The molecule has 3 aromatic rings. The van der Waals surface area contributed by atoms with E-state index in [1.54, 1.807) is 42.5 Å². The number of hydrogen-bond acceptors (Lipinski definition) is 5. The van der Waals surface area contributed by atoms with E-state index in [-0.39, 0.29) is 49.0 Å². The van der Waals surface area contributed by atoms with E-state index >= 15 is 0 Å². The maximum Gasteiger partial charge on any atom is 0.323 e. The van der Waals surface area contributed by atoms with Crippen molar-refractivity contribution in [3.05, 3.63) is 83.7 Å². The van der Waals surface area contributed by atoms with Crippen molar-refractivity contribution in [2.75, 3.05) is 41.0 Å². The van der Waals surface area contributed by atoms with Crippen molar-refractivity contribution >= 4 is 52.5 Å². The van der Waals surface area contributed by atoms with Gasteiger partial charge in [-0.05, 0) is 48.0 Å². The number of nitrogens with zero attached hydrogens (tertiary/aromatic N) is 2. The van der Waals surface area contributed by atoms with Crippen LogP contribution in [-0.2, 0) is 20.8 Å². The smallest absolute Gasteiger partial charge is 0.323 e. The Morgan fingerprint density at radius 3 is 2.33 bits per heavy atom. The Balaban J connectivity index is 1.38. The first-order valence-corrected chi connectivity index (χ1v) is 12.2. The minimum absolute atomic E-state index is 0.00411. The number of fused-ring (bicyclic) bond motifs is 1. The minimum atomic E-state index is -1.09. The summed E-state index contributed by atoms with van der Waals surface area (Å²) in [4.78, 5) is 63.9. The molecule has 0 saturated carbocycles. The first-order valence-electron chi connectivity index (χ1n) is 12.2. The van der Waals surface area contributed by atoms with E-state index in [1.165, 1.54) is 41.1 Å². The fourth-order valence-corrected chi connectivity index (χ4v) is 4.08. The minimum Gasteiger partial charge on any atom is -0.481 e. The molecule has 1 aliphatic rings. The summed E-state index contributed by atoms with van der Waals surface area (Å²) in [6.45, 7) is -0.381. The predicted octanol–water partition coefficient (Wildman–Crippen LogP) is 3.54. The Kier molecular flexibility index (Phi) is 8.38. The molecule has 0 unspecified atom stereocenters. The van der Waals surface area contributed by atoms with Gasteiger partial charge in [-0.2, -0.15) is 0 Å². The zero-order valence-electron chi connectivity index (χ0n) is 21.4. The second kappa shape index (κ2) is 12.1. The molecule has 4 rings (SSSR count). The van der Waals surface area contributed by atoms with E-state index in [0.717, 1.165) is 0 Å². The van der Waals surface area contributed by atoms with Crippen molar-refractivity contribution in [1.29, 1.82) is 0 Å². The highest BCUT2D eigenvalue weighted by atomic mass is 19.1. The number of rotatable bonds is 8. The Hall–Kier alpha value is -5.26. The molecule has 5 amide bonds. The van der Waals surface area contributed by atoms with Crippen molar-refractivity contribution in [3.63, 3.8) is 0 Å². The van der Waals surface area contributed by atoms with Gasteiger partial charge in [0.15, 0.2) is 0 Å². The monoisotopic (exact) mass is 547 g/mol. The second-order valence-electron chi connectivity index (χ2n) is 9.04. The number of amides is 5. The molecule has 11 nitrogen and oxygen atoms in total. The van der Waals surface area contributed by atoms with Gasteiger partial charge in [-0.1, -0.05) is 24.3 Å². The lowest BCUT2D eigenvalue weighted by atomic mass is 10.1. The van der Waals surface area contributed by atoms with Crippen LogP contribution in [0, 0.1) is 5.82 Å². The van der Waals surface area contributed by atoms with Crippen LogP contribution in [0.5, 0.6) is 0 Å². The quantitative estimate of drug-likeness (QED) is 0.339. The van der Waals surface area contributed by atoms with Crippen molar-refractivity contribution in [2.45, 2.75) is 12.8 Å². The number of anilines is 4. The molecule has 0 atom stereocenters. The number of carbonyl (C=O) groups excluding carboxylic acids is 4. The number of nitrogens with one attached hydrogen (secondary N) is 3. The number of carboxylic acid groups (broad SMARTS) is 1. The van der Waals surface area contributed by atoms with Gasteiger partial charge in [0.25, 0.3) is 5.91 Å². The van der Waals surface area contributed by atoms with E-state index in [1.807, 2.05) is 0 Å². The summed E-state index contributed by atoms with van der Waals surface area (Å²) in [6.07, 6.45) is -0.311. The van der Waals surface area contributed by atoms with Gasteiger partial charge in [0.2, 0.25) is 11.8 Å². The van der Waals surface area contributed by atoms with Crippen LogP contribution in [0.15, 0.2) is 66.7 Å². The fraction of sp³-hybridized carbons (Fsp3) is 0.179. The summed E-state index contributed by atoms with van der Waals surface area (Å²) in [5.41, 5.74) is 1.98. The topological polar surface area (TPSA) is 148 Å². The van der Waals surface area contributed by atoms with Crippen LogP contribution in [0.25, 0.3) is 0 Å². The molecular weight excluding hydrogens is 521 g/mol. The van der Waals surface area contributed by atoms with Gasteiger partial charge in [-0.25, -0.2) is 9.18 Å². The third-order valence-electron chi connectivity index (χ3n) is 6.15. The van der Waals surface area contributed by atoms with Crippen LogP contribution in [0.3, 0.4) is 0 Å². The number of hydrogen-bond donors (Lipinski definition) is 4. The molecule has 40 heavy (non-hydrogen) atoms.